The van der Waals surface area contributed by atoms with Crippen LogP contribution in [0.3, 0.4) is 0 Å². The molecule has 162 valence electrons. The van der Waals surface area contributed by atoms with Crippen LogP contribution in [0, 0.1) is 10.1 Å². The number of furan rings is 1. The predicted octanol–water partition coefficient (Wildman–Crippen LogP) is 7.67. The largest absolute Gasteiger partial charge is 0.457 e. The first kappa shape index (κ1) is 21.0. The number of nitro groups is 1. The van der Waals surface area contributed by atoms with Gasteiger partial charge in [0.15, 0.2) is 0 Å². The minimum absolute atomic E-state index is 0.00943. The Kier molecular flexibility index (Phi) is 5.46. The van der Waals surface area contributed by atoms with Gasteiger partial charge in [-0.15, -0.1) is 0 Å². The van der Waals surface area contributed by atoms with Gasteiger partial charge in [0, 0.05) is 23.4 Å². The number of imidazole rings is 1. The summed E-state index contributed by atoms with van der Waals surface area (Å²) >= 11 is 12.4. The van der Waals surface area contributed by atoms with Gasteiger partial charge in [-0.3, -0.25) is 14.7 Å². The highest BCUT2D eigenvalue weighted by atomic mass is 35.5. The van der Waals surface area contributed by atoms with E-state index in [1.807, 2.05) is 59.2 Å². The average molecular weight is 476 g/mol. The lowest BCUT2D eigenvalue weighted by atomic mass is 10.2. The Balaban J connectivity index is 1.57. The van der Waals surface area contributed by atoms with Gasteiger partial charge in [0.25, 0.3) is 5.69 Å². The average Bonchev–Trinajstić information content (AvgIpc) is 3.44. The second-order valence-corrected chi connectivity index (χ2v) is 7.99. The molecule has 2 heterocycles. The first-order chi connectivity index (χ1) is 16.0. The van der Waals surface area contributed by atoms with E-state index in [1.165, 1.54) is 12.1 Å². The number of fused-ring (bicyclic) bond motifs is 1. The highest BCUT2D eigenvalue weighted by Gasteiger charge is 2.15. The summed E-state index contributed by atoms with van der Waals surface area (Å²) in [7, 11) is 0. The van der Waals surface area contributed by atoms with Crippen LogP contribution in [0.4, 0.5) is 5.69 Å². The van der Waals surface area contributed by atoms with Crippen LogP contribution < -0.4 is 0 Å². The Morgan fingerprint density at radius 2 is 1.76 bits per heavy atom. The molecule has 0 atom stereocenters. The molecule has 5 aromatic rings. The predicted molar refractivity (Wildman–Crippen MR) is 131 cm³/mol. The van der Waals surface area contributed by atoms with Crippen molar-refractivity contribution in [3.63, 3.8) is 0 Å². The Morgan fingerprint density at radius 1 is 0.939 bits per heavy atom. The van der Waals surface area contributed by atoms with Crippen molar-refractivity contribution in [2.24, 2.45) is 0 Å². The minimum Gasteiger partial charge on any atom is -0.457 e. The van der Waals surface area contributed by atoms with Crippen LogP contribution in [0.25, 0.3) is 40.2 Å². The summed E-state index contributed by atoms with van der Waals surface area (Å²) in [5.74, 6) is 1.79. The fourth-order valence-electron chi connectivity index (χ4n) is 3.60. The topological polar surface area (TPSA) is 74.1 Å². The number of hydrogen-bond acceptors (Lipinski definition) is 4. The van der Waals surface area contributed by atoms with E-state index >= 15 is 0 Å². The van der Waals surface area contributed by atoms with Crippen molar-refractivity contribution in [3.8, 4) is 17.0 Å². The normalized spacial score (nSPS) is 11.5. The molecule has 6 nitrogen and oxygen atoms in total. The molecule has 5 rings (SSSR count). The number of nitrogens with zero attached hydrogens (tertiary/aromatic N) is 3. The van der Waals surface area contributed by atoms with E-state index in [4.69, 9.17) is 27.6 Å². The van der Waals surface area contributed by atoms with Crippen molar-refractivity contribution in [1.82, 2.24) is 9.55 Å². The zero-order valence-electron chi connectivity index (χ0n) is 17.0. The van der Waals surface area contributed by atoms with Gasteiger partial charge in [-0.25, -0.2) is 4.98 Å². The molecule has 0 saturated carbocycles. The van der Waals surface area contributed by atoms with Crippen LogP contribution in [0.2, 0.25) is 10.0 Å². The van der Waals surface area contributed by atoms with Gasteiger partial charge in [0.05, 0.1) is 26.0 Å². The third kappa shape index (κ3) is 4.02. The molecule has 33 heavy (non-hydrogen) atoms. The van der Waals surface area contributed by atoms with Crippen LogP contribution in [-0.2, 0) is 0 Å². The fraction of sp³-hybridized carbons (Fsp3) is 0. The zero-order valence-corrected chi connectivity index (χ0v) is 18.5. The number of para-hydroxylation sites is 1. The molecule has 0 aliphatic carbocycles. The molecular formula is C25H15Cl2N3O3. The van der Waals surface area contributed by atoms with Gasteiger partial charge in [-0.1, -0.05) is 47.5 Å². The maximum atomic E-state index is 11.2. The van der Waals surface area contributed by atoms with Crippen molar-refractivity contribution >= 4 is 52.1 Å². The smallest absolute Gasteiger partial charge is 0.271 e. The number of non-ortho nitro benzene ring substituents is 1. The number of benzene rings is 3. The molecule has 2 aromatic heterocycles. The fourth-order valence-corrected chi connectivity index (χ4v) is 3.99. The summed E-state index contributed by atoms with van der Waals surface area (Å²) < 4.78 is 7.88. The quantitative estimate of drug-likeness (QED) is 0.193. The lowest BCUT2D eigenvalue weighted by Gasteiger charge is -2.06. The summed E-state index contributed by atoms with van der Waals surface area (Å²) in [5, 5.41) is 12.1. The molecule has 0 amide bonds. The van der Waals surface area contributed by atoms with Crippen LogP contribution >= 0.6 is 23.2 Å². The number of rotatable bonds is 5. The van der Waals surface area contributed by atoms with Gasteiger partial charge in [0.1, 0.15) is 17.3 Å². The van der Waals surface area contributed by atoms with Gasteiger partial charge >= 0.3 is 0 Å². The molecule has 0 unspecified atom stereocenters. The van der Waals surface area contributed by atoms with Crippen molar-refractivity contribution in [1.29, 1.82) is 0 Å². The van der Waals surface area contributed by atoms with E-state index in [0.29, 0.717) is 38.5 Å². The summed E-state index contributed by atoms with van der Waals surface area (Å²) in [4.78, 5) is 15.4. The van der Waals surface area contributed by atoms with Gasteiger partial charge in [0.2, 0.25) is 0 Å². The SMILES string of the molecule is O=[N+]([O-])c1ccc2c(c1)nc(/C=C/c1ccc(-c3cccc(Cl)c3Cl)o1)n2-c1ccccc1. The summed E-state index contributed by atoms with van der Waals surface area (Å²) in [6.07, 6.45) is 3.60. The number of hydrogen-bond donors (Lipinski definition) is 0. The van der Waals surface area contributed by atoms with Crippen LogP contribution in [0.15, 0.2) is 83.3 Å². The molecule has 0 bridgehead atoms. The molecule has 3 aromatic carbocycles. The summed E-state index contributed by atoms with van der Waals surface area (Å²) in [5.41, 5.74) is 2.87. The van der Waals surface area contributed by atoms with E-state index in [0.717, 1.165) is 11.2 Å². The highest BCUT2D eigenvalue weighted by Crippen LogP contribution is 2.34. The molecule has 0 aliphatic heterocycles. The minimum atomic E-state index is -0.429. The van der Waals surface area contributed by atoms with E-state index in [9.17, 15) is 10.1 Å². The van der Waals surface area contributed by atoms with Crippen LogP contribution in [0.5, 0.6) is 0 Å². The Labute approximate surface area is 198 Å². The maximum Gasteiger partial charge on any atom is 0.271 e. The molecule has 0 fully saturated rings. The van der Waals surface area contributed by atoms with Crippen LogP contribution in [0.1, 0.15) is 11.6 Å². The molecule has 8 heteroatoms. The van der Waals surface area contributed by atoms with Gasteiger partial charge in [-0.2, -0.15) is 0 Å². The molecular weight excluding hydrogens is 461 g/mol. The molecule has 0 saturated heterocycles. The lowest BCUT2D eigenvalue weighted by Crippen LogP contribution is -1.96. The van der Waals surface area contributed by atoms with E-state index < -0.39 is 4.92 Å². The first-order valence-corrected chi connectivity index (χ1v) is 10.7. The lowest BCUT2D eigenvalue weighted by molar-refractivity contribution is -0.384. The second kappa shape index (κ2) is 8.58. The molecule has 0 N–H and O–H groups in total. The molecule has 0 aliphatic rings. The van der Waals surface area contributed by atoms with Crippen molar-refractivity contribution in [2.75, 3.05) is 0 Å². The van der Waals surface area contributed by atoms with Crippen molar-refractivity contribution < 1.29 is 9.34 Å². The van der Waals surface area contributed by atoms with Crippen molar-refractivity contribution in [3.05, 3.63) is 111 Å². The number of halogens is 2. The Morgan fingerprint density at radius 3 is 2.55 bits per heavy atom. The summed E-state index contributed by atoms with van der Waals surface area (Å²) in [6.45, 7) is 0. The Hall–Kier alpha value is -3.87. The maximum absolute atomic E-state index is 11.2. The van der Waals surface area contributed by atoms with Crippen LogP contribution in [-0.4, -0.2) is 14.5 Å². The monoisotopic (exact) mass is 475 g/mol. The van der Waals surface area contributed by atoms with E-state index in [2.05, 4.69) is 4.98 Å². The number of aromatic nitrogens is 2. The van der Waals surface area contributed by atoms with E-state index in [1.54, 1.807) is 24.3 Å². The van der Waals surface area contributed by atoms with Gasteiger partial charge in [-0.05, 0) is 54.6 Å². The zero-order chi connectivity index (χ0) is 22.9. The molecule has 0 radical (unpaired) electrons. The molecule has 0 spiro atoms. The van der Waals surface area contributed by atoms with Gasteiger partial charge < -0.3 is 4.42 Å². The van der Waals surface area contributed by atoms with Crippen molar-refractivity contribution in [2.45, 2.75) is 0 Å². The number of nitro benzene ring substituents is 1. The summed E-state index contributed by atoms with van der Waals surface area (Å²) in [6, 6.07) is 23.3. The second-order valence-electron chi connectivity index (χ2n) is 7.21. The Bertz CT molecular complexity index is 1520. The first-order valence-electron chi connectivity index (χ1n) is 9.96. The standard InChI is InChI=1S/C25H15Cl2N3O3/c26-20-8-4-7-19(25(20)27)23-13-10-18(33-23)11-14-24-28-21-15-17(30(31)32)9-12-22(21)29(24)16-5-2-1-3-6-16/h1-15H/b14-11+. The highest BCUT2D eigenvalue weighted by molar-refractivity contribution is 6.43. The van der Waals surface area contributed by atoms with E-state index in [-0.39, 0.29) is 5.69 Å². The third-order valence-electron chi connectivity index (χ3n) is 5.13. The third-order valence-corrected chi connectivity index (χ3v) is 5.95.